The lowest BCUT2D eigenvalue weighted by Crippen LogP contribution is -2.29. The van der Waals surface area contributed by atoms with E-state index in [0.717, 1.165) is 64.2 Å². The predicted molar refractivity (Wildman–Crippen MR) is 293 cm³/mol. The summed E-state index contributed by atoms with van der Waals surface area (Å²) in [6.45, 7) is 3.66. The topological polar surface area (TPSA) is 134 Å². The van der Waals surface area contributed by atoms with Gasteiger partial charge in [-0.05, 0) is 77.0 Å². The molecule has 10 heteroatoms. The highest BCUT2D eigenvalue weighted by Crippen LogP contribution is 2.43. The molecule has 0 radical (unpaired) electrons. The molecule has 0 amide bonds. The van der Waals surface area contributed by atoms with Gasteiger partial charge in [0.15, 0.2) is 6.10 Å². The van der Waals surface area contributed by atoms with Crippen molar-refractivity contribution in [2.45, 2.75) is 277 Å². The number of nitrogens with two attached hydrogens (primary N) is 1. The van der Waals surface area contributed by atoms with Crippen LogP contribution in [0.4, 0.5) is 0 Å². The Morgan fingerprint density at radius 2 is 0.797 bits per heavy atom. The molecule has 0 rings (SSSR count). The normalized spacial score (nSPS) is 13.5. The smallest absolute Gasteiger partial charge is 0.462 e. The monoisotopic (exact) mass is 990 g/mol. The molecule has 0 fully saturated rings. The Morgan fingerprint density at radius 1 is 0.449 bits per heavy atom. The van der Waals surface area contributed by atoms with Gasteiger partial charge in [-0.15, -0.1) is 0 Å². The molecule has 69 heavy (non-hydrogen) atoms. The first-order chi connectivity index (χ1) is 33.8. The van der Waals surface area contributed by atoms with Crippen LogP contribution in [-0.2, 0) is 32.7 Å². The van der Waals surface area contributed by atoms with E-state index in [1.165, 1.54) is 173 Å². The summed E-state index contributed by atoms with van der Waals surface area (Å²) in [5.41, 5.74) is 5.38. The molecule has 9 nitrogen and oxygen atoms in total. The fraction of sp³-hybridized carbons (Fsp3) is 0.797. The molecule has 0 aromatic rings. The van der Waals surface area contributed by atoms with E-state index in [2.05, 4.69) is 74.6 Å². The van der Waals surface area contributed by atoms with E-state index in [-0.39, 0.29) is 38.6 Å². The van der Waals surface area contributed by atoms with Crippen LogP contribution in [0.5, 0.6) is 0 Å². The van der Waals surface area contributed by atoms with E-state index in [1.807, 2.05) is 0 Å². The number of phosphoric acid groups is 1. The molecule has 402 valence electrons. The Kier molecular flexibility index (Phi) is 53.2. The minimum Gasteiger partial charge on any atom is -0.462 e. The van der Waals surface area contributed by atoms with Gasteiger partial charge in [0.25, 0.3) is 0 Å². The molecular weight excluding hydrogens is 882 g/mol. The SMILES string of the molecule is CC/C=C\C/C=C\C/C=C\C/C=C\CCCCCCCCCCCCCCCCCCC(=O)OC(COC(=O)CCCCCCCCCCC/C=C\CCCCCCCC)COP(=O)(O)OCCN. The van der Waals surface area contributed by atoms with E-state index in [1.54, 1.807) is 0 Å². The van der Waals surface area contributed by atoms with Crippen LogP contribution in [0.3, 0.4) is 0 Å². The maximum atomic E-state index is 12.7. The summed E-state index contributed by atoms with van der Waals surface area (Å²) in [6.07, 6.45) is 68.4. The highest BCUT2D eigenvalue weighted by molar-refractivity contribution is 7.47. The minimum atomic E-state index is -4.39. The van der Waals surface area contributed by atoms with Crippen molar-refractivity contribution in [3.05, 3.63) is 60.8 Å². The Hall–Kier alpha value is -2.29. The Balaban J connectivity index is 3.94. The highest BCUT2D eigenvalue weighted by atomic mass is 31.2. The third-order valence-corrected chi connectivity index (χ3v) is 13.4. The standard InChI is InChI=1S/C59H108NO8P/c1-3-5-7-9-11-13-15-17-19-21-23-24-25-26-27-28-29-30-31-32-34-36-38-40-42-44-46-48-50-52-59(62)68-57(56-67-69(63,64)66-54-53-60)55-65-58(61)51-49-47-45-43-41-39-37-35-33-22-20-18-16-14-12-10-8-6-4-2/h5,7,11,13,17-20,23-24,57H,3-4,6,8-10,12,14-16,21-22,25-56,60H2,1-2H3,(H,63,64)/b7-5-,13-11-,19-17-,20-18-,24-23-. The lowest BCUT2D eigenvalue weighted by Gasteiger charge is -2.19. The first kappa shape index (κ1) is 66.7. The Bertz CT molecular complexity index is 1310. The van der Waals surface area contributed by atoms with Gasteiger partial charge in [-0.3, -0.25) is 18.6 Å². The minimum absolute atomic E-state index is 0.0529. The number of carbonyl (C=O) groups is 2. The zero-order valence-electron chi connectivity index (χ0n) is 44.8. The lowest BCUT2D eigenvalue weighted by molar-refractivity contribution is -0.161. The molecule has 2 atom stereocenters. The molecule has 0 aliphatic rings. The summed E-state index contributed by atoms with van der Waals surface area (Å²) >= 11 is 0. The maximum absolute atomic E-state index is 12.7. The van der Waals surface area contributed by atoms with Gasteiger partial charge in [0.2, 0.25) is 0 Å². The van der Waals surface area contributed by atoms with Crippen molar-refractivity contribution in [1.29, 1.82) is 0 Å². The molecule has 0 spiro atoms. The molecule has 0 aliphatic heterocycles. The van der Waals surface area contributed by atoms with Crippen molar-refractivity contribution in [2.24, 2.45) is 5.73 Å². The molecule has 0 heterocycles. The van der Waals surface area contributed by atoms with Crippen LogP contribution < -0.4 is 5.73 Å². The summed E-state index contributed by atoms with van der Waals surface area (Å²) < 4.78 is 33.0. The van der Waals surface area contributed by atoms with Gasteiger partial charge < -0.3 is 20.1 Å². The van der Waals surface area contributed by atoms with Crippen molar-refractivity contribution >= 4 is 19.8 Å². The number of phosphoric ester groups is 1. The number of unbranched alkanes of at least 4 members (excludes halogenated alkanes) is 31. The van der Waals surface area contributed by atoms with Crippen LogP contribution in [0, 0.1) is 0 Å². The van der Waals surface area contributed by atoms with Gasteiger partial charge in [0.1, 0.15) is 6.61 Å². The van der Waals surface area contributed by atoms with E-state index in [0.29, 0.717) is 6.42 Å². The Morgan fingerprint density at radius 3 is 1.20 bits per heavy atom. The zero-order valence-corrected chi connectivity index (χ0v) is 45.7. The van der Waals surface area contributed by atoms with Crippen LogP contribution >= 0.6 is 7.82 Å². The zero-order chi connectivity index (χ0) is 50.2. The first-order valence-electron chi connectivity index (χ1n) is 28.8. The van der Waals surface area contributed by atoms with Crippen LogP contribution in [0.2, 0.25) is 0 Å². The van der Waals surface area contributed by atoms with Gasteiger partial charge in [-0.2, -0.15) is 0 Å². The lowest BCUT2D eigenvalue weighted by atomic mass is 10.0. The fourth-order valence-electron chi connectivity index (χ4n) is 8.15. The van der Waals surface area contributed by atoms with Crippen molar-refractivity contribution in [1.82, 2.24) is 0 Å². The third kappa shape index (κ3) is 54.9. The van der Waals surface area contributed by atoms with Crippen LogP contribution in [0.1, 0.15) is 271 Å². The van der Waals surface area contributed by atoms with Gasteiger partial charge in [0, 0.05) is 19.4 Å². The maximum Gasteiger partial charge on any atom is 0.472 e. The summed E-state index contributed by atoms with van der Waals surface area (Å²) in [5, 5.41) is 0. The highest BCUT2D eigenvalue weighted by Gasteiger charge is 2.26. The quantitative estimate of drug-likeness (QED) is 0.0264. The largest absolute Gasteiger partial charge is 0.472 e. The molecule has 3 N–H and O–H groups in total. The third-order valence-electron chi connectivity index (χ3n) is 12.4. The number of rotatable bonds is 54. The van der Waals surface area contributed by atoms with Crippen molar-refractivity contribution in [3.8, 4) is 0 Å². The van der Waals surface area contributed by atoms with Crippen LogP contribution in [0.15, 0.2) is 60.8 Å². The summed E-state index contributed by atoms with van der Waals surface area (Å²) in [7, 11) is -4.39. The van der Waals surface area contributed by atoms with Crippen molar-refractivity contribution in [2.75, 3.05) is 26.4 Å². The van der Waals surface area contributed by atoms with Gasteiger partial charge in [0.05, 0.1) is 13.2 Å². The van der Waals surface area contributed by atoms with Crippen molar-refractivity contribution < 1.29 is 37.6 Å². The second-order valence-electron chi connectivity index (χ2n) is 19.1. The number of hydrogen-bond acceptors (Lipinski definition) is 8. The number of allylic oxidation sites excluding steroid dienone is 10. The second kappa shape index (κ2) is 55.0. The molecule has 0 aromatic heterocycles. The number of esters is 2. The first-order valence-corrected chi connectivity index (χ1v) is 30.3. The van der Waals surface area contributed by atoms with E-state index < -0.39 is 26.5 Å². The van der Waals surface area contributed by atoms with E-state index >= 15 is 0 Å². The Labute approximate surface area is 425 Å². The van der Waals surface area contributed by atoms with Crippen LogP contribution in [-0.4, -0.2) is 49.3 Å². The predicted octanol–water partition coefficient (Wildman–Crippen LogP) is 18.0. The number of hydrogen-bond donors (Lipinski definition) is 2. The van der Waals surface area contributed by atoms with Crippen LogP contribution in [0.25, 0.3) is 0 Å². The second-order valence-corrected chi connectivity index (χ2v) is 20.6. The molecule has 0 aliphatic carbocycles. The molecular formula is C59H108NO8P. The van der Waals surface area contributed by atoms with Gasteiger partial charge >= 0.3 is 19.8 Å². The van der Waals surface area contributed by atoms with E-state index in [4.69, 9.17) is 24.3 Å². The molecule has 0 aromatic carbocycles. The summed E-state index contributed by atoms with van der Waals surface area (Å²) in [6, 6.07) is 0. The average Bonchev–Trinajstić information content (AvgIpc) is 3.34. The van der Waals surface area contributed by atoms with Gasteiger partial charge in [-0.1, -0.05) is 242 Å². The number of carbonyl (C=O) groups excluding carboxylic acids is 2. The van der Waals surface area contributed by atoms with Crippen molar-refractivity contribution in [3.63, 3.8) is 0 Å². The molecule has 0 bridgehead atoms. The average molecular weight is 990 g/mol. The number of ether oxygens (including phenoxy) is 2. The fourth-order valence-corrected chi connectivity index (χ4v) is 8.92. The van der Waals surface area contributed by atoms with Gasteiger partial charge in [-0.25, -0.2) is 4.57 Å². The molecule has 2 unspecified atom stereocenters. The summed E-state index contributed by atoms with van der Waals surface area (Å²) in [5.74, 6) is -0.821. The molecule has 0 saturated heterocycles. The van der Waals surface area contributed by atoms with E-state index in [9.17, 15) is 19.0 Å². The molecule has 0 saturated carbocycles. The summed E-state index contributed by atoms with van der Waals surface area (Å²) in [4.78, 5) is 35.2.